The Morgan fingerprint density at radius 1 is 1.50 bits per heavy atom. The highest BCUT2D eigenvalue weighted by Crippen LogP contribution is 1.98. The van der Waals surface area contributed by atoms with Crippen LogP contribution in [0.1, 0.15) is 13.8 Å². The molecule has 0 radical (unpaired) electrons. The Hall–Kier alpha value is -0.350. The number of carbonyl (C=O) groups is 1. The number of halogens is 1. The van der Waals surface area contributed by atoms with Crippen molar-refractivity contribution >= 4 is 22.9 Å². The molecule has 0 aliphatic carbocycles. The van der Waals surface area contributed by atoms with Gasteiger partial charge in [0, 0.05) is 11.6 Å². The number of hydrogen-bond donors (Lipinski definition) is 1. The van der Waals surface area contributed by atoms with Crippen LogP contribution in [-0.4, -0.2) is 30.9 Å². The molecule has 1 amide bonds. The van der Waals surface area contributed by atoms with Crippen molar-refractivity contribution in [2.45, 2.75) is 19.9 Å². The van der Waals surface area contributed by atoms with Gasteiger partial charge in [0.05, 0.1) is 0 Å². The number of nitrogens with two attached hydrogens (primary N) is 1. The van der Waals surface area contributed by atoms with Crippen molar-refractivity contribution in [2.75, 3.05) is 14.1 Å². The molecule has 12 heavy (non-hydrogen) atoms. The number of carbonyl (C=O) groups excluding carboxylic acids is 1. The summed E-state index contributed by atoms with van der Waals surface area (Å²) in [7, 11) is 3.91. The molecule has 0 aliphatic heterocycles. The molecular formula is C8H17BrN2O. The average Bonchev–Trinajstić information content (AvgIpc) is 1.87. The van der Waals surface area contributed by atoms with Crippen LogP contribution >= 0.6 is 17.0 Å². The molecule has 4 heteroatoms. The maximum Gasteiger partial charge on any atom is 0.244 e. The third-order valence-corrected chi connectivity index (χ3v) is 1.69. The topological polar surface area (TPSA) is 46.3 Å². The molecular weight excluding hydrogens is 220 g/mol. The molecule has 0 heterocycles. The normalized spacial score (nSPS) is 13.9. The van der Waals surface area contributed by atoms with Gasteiger partial charge in [-0.15, -0.1) is 17.0 Å². The van der Waals surface area contributed by atoms with E-state index in [1.54, 1.807) is 6.92 Å². The lowest BCUT2D eigenvalue weighted by Crippen LogP contribution is -2.24. The number of likely N-dealkylation sites (N-methyl/N-ethyl adjacent to an activating group) is 1. The summed E-state index contributed by atoms with van der Waals surface area (Å²) >= 11 is 0. The third kappa shape index (κ3) is 5.32. The second-order valence-electron chi connectivity index (χ2n) is 2.92. The van der Waals surface area contributed by atoms with Crippen LogP contribution in [0.5, 0.6) is 0 Å². The molecule has 0 saturated carbocycles. The highest BCUT2D eigenvalue weighted by Gasteiger charge is 2.03. The van der Waals surface area contributed by atoms with Gasteiger partial charge in [-0.25, -0.2) is 0 Å². The van der Waals surface area contributed by atoms with E-state index in [0.717, 1.165) is 0 Å². The molecule has 0 fully saturated rings. The fourth-order valence-electron chi connectivity index (χ4n) is 0.593. The lowest BCUT2D eigenvalue weighted by Gasteiger charge is -2.15. The van der Waals surface area contributed by atoms with Crippen molar-refractivity contribution < 1.29 is 4.79 Å². The molecule has 72 valence electrons. The molecule has 0 aromatic heterocycles. The smallest absolute Gasteiger partial charge is 0.244 e. The van der Waals surface area contributed by atoms with Gasteiger partial charge in [-0.05, 0) is 27.9 Å². The van der Waals surface area contributed by atoms with E-state index in [1.165, 1.54) is 0 Å². The van der Waals surface area contributed by atoms with Crippen molar-refractivity contribution in [3.05, 3.63) is 11.6 Å². The molecule has 0 bridgehead atoms. The zero-order chi connectivity index (χ0) is 9.02. The summed E-state index contributed by atoms with van der Waals surface area (Å²) in [4.78, 5) is 12.6. The fraction of sp³-hybridized carbons (Fsp3) is 0.625. The van der Waals surface area contributed by atoms with Crippen LogP contribution in [0.3, 0.4) is 0 Å². The van der Waals surface area contributed by atoms with E-state index < -0.39 is 0 Å². The van der Waals surface area contributed by atoms with Gasteiger partial charge < -0.3 is 10.6 Å². The minimum atomic E-state index is -0.348. The molecule has 1 unspecified atom stereocenters. The highest BCUT2D eigenvalue weighted by atomic mass is 79.9. The largest absolute Gasteiger partial charge is 0.366 e. The van der Waals surface area contributed by atoms with Crippen molar-refractivity contribution in [1.82, 2.24) is 4.90 Å². The Kier molecular flexibility index (Phi) is 7.33. The first-order chi connectivity index (χ1) is 4.95. The van der Waals surface area contributed by atoms with E-state index in [4.69, 9.17) is 5.73 Å². The van der Waals surface area contributed by atoms with Crippen molar-refractivity contribution in [3.63, 3.8) is 0 Å². The first kappa shape index (κ1) is 14.2. The molecule has 2 N–H and O–H groups in total. The van der Waals surface area contributed by atoms with Gasteiger partial charge in [0.2, 0.25) is 5.91 Å². The van der Waals surface area contributed by atoms with Gasteiger partial charge >= 0.3 is 0 Å². The number of primary amides is 1. The molecule has 0 saturated heterocycles. The Balaban J connectivity index is 0. The summed E-state index contributed by atoms with van der Waals surface area (Å²) in [5, 5.41) is 0. The number of hydrogen-bond acceptors (Lipinski definition) is 2. The highest BCUT2D eigenvalue weighted by molar-refractivity contribution is 8.93. The van der Waals surface area contributed by atoms with Crippen LogP contribution < -0.4 is 5.73 Å². The zero-order valence-electron chi connectivity index (χ0n) is 8.00. The molecule has 0 rings (SSSR count). The maximum absolute atomic E-state index is 10.6. The van der Waals surface area contributed by atoms with Gasteiger partial charge in [-0.1, -0.05) is 6.08 Å². The standard InChI is InChI=1S/C8H16N2O.BrH/c1-6(8(9)11)5-7(2)10(3)4;/h5,7H,1-4H3,(H2,9,11);1H/b6-5-;. The average molecular weight is 237 g/mol. The van der Waals surface area contributed by atoms with Gasteiger partial charge in [0.25, 0.3) is 0 Å². The maximum atomic E-state index is 10.6. The first-order valence-corrected chi connectivity index (χ1v) is 3.59. The second-order valence-corrected chi connectivity index (χ2v) is 2.92. The Labute approximate surface area is 84.4 Å². The van der Waals surface area contributed by atoms with Gasteiger partial charge in [-0.2, -0.15) is 0 Å². The Bertz CT molecular complexity index is 178. The second kappa shape index (κ2) is 6.20. The van der Waals surface area contributed by atoms with E-state index in [9.17, 15) is 4.79 Å². The number of nitrogens with zero attached hydrogens (tertiary/aromatic N) is 1. The van der Waals surface area contributed by atoms with Crippen molar-refractivity contribution in [1.29, 1.82) is 0 Å². The van der Waals surface area contributed by atoms with Crippen molar-refractivity contribution in [2.24, 2.45) is 5.73 Å². The van der Waals surface area contributed by atoms with Crippen LogP contribution in [0.2, 0.25) is 0 Å². The van der Waals surface area contributed by atoms with E-state index >= 15 is 0 Å². The van der Waals surface area contributed by atoms with E-state index in [2.05, 4.69) is 0 Å². The molecule has 1 atom stereocenters. The SMILES string of the molecule is Br.C/C(=C/C(C)N(C)C)C(N)=O. The quantitative estimate of drug-likeness (QED) is 0.743. The molecule has 0 aliphatic rings. The first-order valence-electron chi connectivity index (χ1n) is 3.59. The fourth-order valence-corrected chi connectivity index (χ4v) is 0.593. The summed E-state index contributed by atoms with van der Waals surface area (Å²) in [6, 6.07) is 0.252. The van der Waals surface area contributed by atoms with Crippen LogP contribution in [-0.2, 0) is 4.79 Å². The Morgan fingerprint density at radius 3 is 2.17 bits per heavy atom. The molecule has 0 aromatic carbocycles. The van der Waals surface area contributed by atoms with E-state index in [0.29, 0.717) is 5.57 Å². The summed E-state index contributed by atoms with van der Waals surface area (Å²) in [5.74, 6) is -0.348. The number of rotatable bonds is 3. The van der Waals surface area contributed by atoms with Gasteiger partial charge in [-0.3, -0.25) is 4.79 Å². The molecule has 0 spiro atoms. The lowest BCUT2D eigenvalue weighted by atomic mass is 10.2. The van der Waals surface area contributed by atoms with Crippen LogP contribution in [0.25, 0.3) is 0 Å². The van der Waals surface area contributed by atoms with Crippen LogP contribution in [0, 0.1) is 0 Å². The third-order valence-electron chi connectivity index (χ3n) is 1.69. The lowest BCUT2D eigenvalue weighted by molar-refractivity contribution is -0.114. The summed E-state index contributed by atoms with van der Waals surface area (Å²) in [6.07, 6.45) is 1.85. The minimum absolute atomic E-state index is 0. The van der Waals surface area contributed by atoms with E-state index in [1.807, 2.05) is 32.0 Å². The van der Waals surface area contributed by atoms with Gasteiger partial charge in [0.1, 0.15) is 0 Å². The van der Waals surface area contributed by atoms with Gasteiger partial charge in [0.15, 0.2) is 0 Å². The Morgan fingerprint density at radius 2 is 1.92 bits per heavy atom. The van der Waals surface area contributed by atoms with E-state index in [-0.39, 0.29) is 28.9 Å². The summed E-state index contributed by atoms with van der Waals surface area (Å²) in [6.45, 7) is 3.73. The van der Waals surface area contributed by atoms with Crippen molar-refractivity contribution in [3.8, 4) is 0 Å². The predicted molar refractivity (Wildman–Crippen MR) is 56.4 cm³/mol. The monoisotopic (exact) mass is 236 g/mol. The summed E-state index contributed by atoms with van der Waals surface area (Å²) in [5.41, 5.74) is 5.68. The number of amides is 1. The van der Waals surface area contributed by atoms with Crippen LogP contribution in [0.15, 0.2) is 11.6 Å². The summed E-state index contributed by atoms with van der Waals surface area (Å²) < 4.78 is 0. The molecule has 3 nitrogen and oxygen atoms in total. The zero-order valence-corrected chi connectivity index (χ0v) is 9.71. The predicted octanol–water partition coefficient (Wildman–Crippen LogP) is 0.946. The van der Waals surface area contributed by atoms with Crippen LogP contribution in [0.4, 0.5) is 0 Å². The molecule has 0 aromatic rings. The minimum Gasteiger partial charge on any atom is -0.366 e.